The van der Waals surface area contributed by atoms with Crippen LogP contribution in [0.5, 0.6) is 0 Å². The summed E-state index contributed by atoms with van der Waals surface area (Å²) in [5, 5.41) is 11.1. The van der Waals surface area contributed by atoms with E-state index in [9.17, 15) is 14.7 Å². The Hall–Kier alpha value is -1.36. The molecule has 0 bridgehead atoms. The van der Waals surface area contributed by atoms with Gasteiger partial charge in [0.05, 0.1) is 23.5 Å². The average molecular weight is 624 g/mol. The van der Waals surface area contributed by atoms with E-state index in [1.54, 1.807) is 0 Å². The molecule has 10 unspecified atom stereocenters. The van der Waals surface area contributed by atoms with E-state index < -0.39 is 5.41 Å². The van der Waals surface area contributed by atoms with Crippen molar-refractivity contribution in [2.75, 3.05) is 19.7 Å². The quantitative estimate of drug-likeness (QED) is 0.246. The van der Waals surface area contributed by atoms with E-state index in [4.69, 9.17) is 4.74 Å². The van der Waals surface area contributed by atoms with Crippen LogP contribution in [0.25, 0.3) is 0 Å². The molecule has 5 saturated carbocycles. The highest BCUT2D eigenvalue weighted by Gasteiger charge is 2.72. The zero-order chi connectivity index (χ0) is 32.8. The minimum Gasteiger partial charge on any atom is -0.466 e. The second kappa shape index (κ2) is 11.1. The predicted octanol–water partition coefficient (Wildman–Crippen LogP) is 8.59. The molecule has 1 aliphatic heterocycles. The third-order valence-electron chi connectivity index (χ3n) is 16.9. The summed E-state index contributed by atoms with van der Waals surface area (Å²) in [6.45, 7) is 25.1. The fraction of sp³-hybridized carbons (Fsp3) is 0.900. The summed E-state index contributed by atoms with van der Waals surface area (Å²) in [5.41, 5.74) is 1.18. The molecule has 5 aliphatic carbocycles. The number of nitrogens with zero attached hydrogens (tertiary/aromatic N) is 1. The number of aliphatic hydroxyl groups excluding tert-OH is 1. The van der Waals surface area contributed by atoms with Crippen LogP contribution in [0.1, 0.15) is 139 Å². The van der Waals surface area contributed by atoms with Gasteiger partial charge < -0.3 is 14.7 Å². The van der Waals surface area contributed by atoms with Crippen molar-refractivity contribution in [3.63, 3.8) is 0 Å². The van der Waals surface area contributed by atoms with Crippen LogP contribution in [0, 0.1) is 62.1 Å². The molecule has 0 spiro atoms. The molecule has 0 radical (unpaired) electrons. The maximum Gasteiger partial charge on any atom is 0.312 e. The smallest absolute Gasteiger partial charge is 0.312 e. The lowest BCUT2D eigenvalue weighted by atomic mass is 9.32. The number of hydrogen-bond donors (Lipinski definition) is 1. The van der Waals surface area contributed by atoms with Crippen LogP contribution >= 0.6 is 0 Å². The number of amides is 1. The first-order chi connectivity index (χ1) is 21.1. The molecule has 5 nitrogen and oxygen atoms in total. The van der Waals surface area contributed by atoms with Gasteiger partial charge in [-0.2, -0.15) is 0 Å². The highest BCUT2D eigenvalue weighted by molar-refractivity contribution is 5.85. The molecule has 0 aromatic rings. The van der Waals surface area contributed by atoms with E-state index in [2.05, 4.69) is 59.9 Å². The summed E-state index contributed by atoms with van der Waals surface area (Å²) >= 11 is 0. The normalized spacial score (nSPS) is 46.6. The number of carbonyl (C=O) groups excluding carboxylic acids is 2. The highest BCUT2D eigenvalue weighted by Crippen LogP contribution is 2.77. The SMILES string of the molecule is C=C(C)C1CCC2(C(=O)N3CCC(CC)(C(=O)OCC)CC3)CCC3(C)C(CCC4C5(C)CCC(O)C(C)(C)C5CCC43C)C12. The lowest BCUT2D eigenvalue weighted by Gasteiger charge is -2.73. The lowest BCUT2D eigenvalue weighted by molar-refractivity contribution is -0.247. The van der Waals surface area contributed by atoms with Crippen molar-refractivity contribution in [3.8, 4) is 0 Å². The molecule has 10 atom stereocenters. The Morgan fingerprint density at radius 3 is 2.13 bits per heavy atom. The van der Waals surface area contributed by atoms with Crippen molar-refractivity contribution in [3.05, 3.63) is 12.2 Å². The van der Waals surface area contributed by atoms with Gasteiger partial charge in [0.25, 0.3) is 0 Å². The summed E-state index contributed by atoms with van der Waals surface area (Å²) < 4.78 is 5.51. The third-order valence-corrected chi connectivity index (χ3v) is 16.9. The molecule has 0 aromatic carbocycles. The van der Waals surface area contributed by atoms with Crippen molar-refractivity contribution in [1.29, 1.82) is 0 Å². The second-order valence-corrected chi connectivity index (χ2v) is 18.4. The Morgan fingerprint density at radius 1 is 0.822 bits per heavy atom. The number of esters is 1. The number of likely N-dealkylation sites (tertiary alicyclic amines) is 1. The maximum atomic E-state index is 15.0. The topological polar surface area (TPSA) is 66.8 Å². The van der Waals surface area contributed by atoms with E-state index in [0.717, 1.165) is 44.9 Å². The van der Waals surface area contributed by atoms with Crippen LogP contribution in [-0.4, -0.2) is 47.7 Å². The summed E-state index contributed by atoms with van der Waals surface area (Å²) in [7, 11) is 0. The number of rotatable bonds is 5. The molecule has 254 valence electrons. The highest BCUT2D eigenvalue weighted by atomic mass is 16.5. The summed E-state index contributed by atoms with van der Waals surface area (Å²) in [4.78, 5) is 30.1. The Balaban J connectivity index is 1.31. The Morgan fingerprint density at radius 2 is 1.51 bits per heavy atom. The second-order valence-electron chi connectivity index (χ2n) is 18.4. The molecular formula is C40H65NO4. The number of piperidine rings is 1. The first-order valence-electron chi connectivity index (χ1n) is 18.9. The number of carbonyl (C=O) groups is 2. The van der Waals surface area contributed by atoms with Crippen LogP contribution in [0.2, 0.25) is 0 Å². The minimum atomic E-state index is -0.448. The number of ether oxygens (including phenoxy) is 1. The van der Waals surface area contributed by atoms with Crippen molar-refractivity contribution in [2.45, 2.75) is 145 Å². The van der Waals surface area contributed by atoms with Crippen LogP contribution in [0.4, 0.5) is 0 Å². The Bertz CT molecular complexity index is 1200. The fourth-order valence-electron chi connectivity index (χ4n) is 13.9. The van der Waals surface area contributed by atoms with Crippen molar-refractivity contribution < 1.29 is 19.4 Å². The fourth-order valence-corrected chi connectivity index (χ4v) is 13.9. The summed E-state index contributed by atoms with van der Waals surface area (Å²) in [6, 6.07) is 0. The van der Waals surface area contributed by atoms with Crippen molar-refractivity contribution in [1.82, 2.24) is 4.90 Å². The van der Waals surface area contributed by atoms with Crippen LogP contribution in [0.3, 0.4) is 0 Å². The maximum absolute atomic E-state index is 15.0. The number of fused-ring (bicyclic) bond motifs is 7. The van der Waals surface area contributed by atoms with Gasteiger partial charge in [-0.15, -0.1) is 0 Å². The van der Waals surface area contributed by atoms with E-state index in [1.165, 1.54) is 31.3 Å². The average Bonchev–Trinajstić information content (AvgIpc) is 3.41. The molecule has 6 fully saturated rings. The number of hydrogen-bond acceptors (Lipinski definition) is 4. The first kappa shape index (κ1) is 33.5. The molecule has 1 amide bonds. The van der Waals surface area contributed by atoms with E-state index in [0.29, 0.717) is 68.0 Å². The van der Waals surface area contributed by atoms with E-state index in [-0.39, 0.29) is 39.1 Å². The minimum absolute atomic E-state index is 0.0339. The van der Waals surface area contributed by atoms with Gasteiger partial charge in [-0.25, -0.2) is 0 Å². The van der Waals surface area contributed by atoms with E-state index >= 15 is 0 Å². The van der Waals surface area contributed by atoms with Gasteiger partial charge in [-0.3, -0.25) is 9.59 Å². The molecule has 6 aliphatic rings. The molecule has 1 saturated heterocycles. The monoisotopic (exact) mass is 623 g/mol. The van der Waals surface area contributed by atoms with Crippen molar-refractivity contribution >= 4 is 11.9 Å². The molecule has 1 N–H and O–H groups in total. The molecule has 6 rings (SSSR count). The van der Waals surface area contributed by atoms with Gasteiger partial charge in [0.1, 0.15) is 0 Å². The largest absolute Gasteiger partial charge is 0.466 e. The zero-order valence-electron chi connectivity index (χ0n) is 30.1. The summed E-state index contributed by atoms with van der Waals surface area (Å²) in [5.74, 6) is 2.84. The van der Waals surface area contributed by atoms with Gasteiger partial charge in [-0.05, 0) is 149 Å². The Labute approximate surface area is 274 Å². The van der Waals surface area contributed by atoms with E-state index in [1.807, 2.05) is 6.92 Å². The van der Waals surface area contributed by atoms with Gasteiger partial charge in [-0.1, -0.05) is 53.7 Å². The van der Waals surface area contributed by atoms with Gasteiger partial charge in [0, 0.05) is 13.1 Å². The molecular weight excluding hydrogens is 558 g/mol. The van der Waals surface area contributed by atoms with Crippen LogP contribution in [-0.2, 0) is 14.3 Å². The molecule has 1 heterocycles. The van der Waals surface area contributed by atoms with Gasteiger partial charge >= 0.3 is 5.97 Å². The predicted molar refractivity (Wildman–Crippen MR) is 180 cm³/mol. The molecule has 0 aromatic heterocycles. The Kier molecular flexibility index (Phi) is 8.27. The number of aliphatic hydroxyl groups is 1. The first-order valence-corrected chi connectivity index (χ1v) is 18.9. The van der Waals surface area contributed by atoms with Crippen LogP contribution < -0.4 is 0 Å². The number of allylic oxidation sites excluding steroid dienone is 1. The lowest BCUT2D eigenvalue weighted by Crippen LogP contribution is -2.67. The standard InChI is InChI=1S/C40H65NO4/c1-10-39(34(44)45-11-2)22-24-41(25-23-39)33(43)40-19-14-27(26(3)4)32(40)28-12-13-30-36(7)17-16-31(42)35(5,6)29(36)15-18-38(30,9)37(28,8)20-21-40/h27-32,42H,3,10-25H2,1-2,4-9H3. The van der Waals surface area contributed by atoms with Crippen molar-refractivity contribution in [2.24, 2.45) is 62.1 Å². The summed E-state index contributed by atoms with van der Waals surface area (Å²) in [6.07, 6.45) is 13.2. The van der Waals surface area contributed by atoms with Gasteiger partial charge in [0.2, 0.25) is 5.91 Å². The van der Waals surface area contributed by atoms with Gasteiger partial charge in [0.15, 0.2) is 0 Å². The molecule has 5 heteroatoms. The van der Waals surface area contributed by atoms with Crippen LogP contribution in [0.15, 0.2) is 12.2 Å². The zero-order valence-corrected chi connectivity index (χ0v) is 30.1. The third kappa shape index (κ3) is 4.46. The molecule has 45 heavy (non-hydrogen) atoms.